The molecule has 1 atom stereocenters. The first kappa shape index (κ1) is 21.4. The Labute approximate surface area is 164 Å². The molecule has 1 heterocycles. The molecule has 0 spiro atoms. The molecule has 0 aromatic heterocycles. The minimum atomic E-state index is -1.99. The molecule has 1 aliphatic rings. The number of ether oxygens (including phenoxy) is 2. The van der Waals surface area contributed by atoms with Crippen molar-refractivity contribution >= 4 is 20.4 Å². The van der Waals surface area contributed by atoms with Crippen LogP contribution in [-0.4, -0.2) is 26.2 Å². The molecule has 27 heavy (non-hydrogen) atoms. The molecule has 0 radical (unpaired) electrons. The molecule has 1 aromatic rings. The van der Waals surface area contributed by atoms with Crippen molar-refractivity contribution in [1.29, 1.82) is 0 Å². The fourth-order valence-corrected chi connectivity index (χ4v) is 3.83. The second-order valence-corrected chi connectivity index (χ2v) is 13.7. The zero-order valence-electron chi connectivity index (χ0n) is 17.5. The number of benzene rings is 1. The molecule has 0 unspecified atom stereocenters. The van der Waals surface area contributed by atoms with Gasteiger partial charge in [-0.15, -0.1) is 0 Å². The summed E-state index contributed by atoms with van der Waals surface area (Å²) < 4.78 is 17.6. The molecule has 0 fully saturated rings. The summed E-state index contributed by atoms with van der Waals surface area (Å²) in [5.41, 5.74) is 1.11. The average Bonchev–Trinajstić information content (AvgIpc) is 2.50. The molecule has 0 N–H and O–H groups in total. The summed E-state index contributed by atoms with van der Waals surface area (Å²) >= 11 is 0. The molecule has 148 valence electrons. The van der Waals surface area contributed by atoms with Gasteiger partial charge in [-0.25, -0.2) is 4.79 Å². The van der Waals surface area contributed by atoms with E-state index in [1.807, 2.05) is 18.2 Å². The van der Waals surface area contributed by atoms with E-state index in [1.54, 1.807) is 13.8 Å². The monoisotopic (exact) mass is 388 g/mol. The Morgan fingerprint density at radius 1 is 1.15 bits per heavy atom. The van der Waals surface area contributed by atoms with Gasteiger partial charge in [-0.1, -0.05) is 63.3 Å². The van der Waals surface area contributed by atoms with Crippen molar-refractivity contribution in [2.45, 2.75) is 71.1 Å². The second kappa shape index (κ2) is 8.03. The van der Waals surface area contributed by atoms with Crippen molar-refractivity contribution in [3.05, 3.63) is 53.8 Å². The van der Waals surface area contributed by atoms with Crippen LogP contribution in [0.2, 0.25) is 18.1 Å². The summed E-state index contributed by atoms with van der Waals surface area (Å²) in [5, 5.41) is 0.0891. The molecule has 0 aliphatic carbocycles. The Bertz CT molecular complexity index is 712. The van der Waals surface area contributed by atoms with Crippen LogP contribution in [0.4, 0.5) is 0 Å². The molecule has 2 rings (SSSR count). The third-order valence-corrected chi connectivity index (χ3v) is 9.46. The van der Waals surface area contributed by atoms with Gasteiger partial charge in [0.2, 0.25) is 5.79 Å². The highest BCUT2D eigenvalue weighted by atomic mass is 28.4. The maximum atomic E-state index is 11.9. The van der Waals surface area contributed by atoms with Crippen LogP contribution in [0.5, 0.6) is 0 Å². The largest absolute Gasteiger partial charge is 0.457 e. The van der Waals surface area contributed by atoms with Gasteiger partial charge < -0.3 is 13.9 Å². The van der Waals surface area contributed by atoms with Crippen LogP contribution >= 0.6 is 0 Å². The molecule has 1 aliphatic heterocycles. The van der Waals surface area contributed by atoms with Gasteiger partial charge in [0.1, 0.15) is 5.76 Å². The van der Waals surface area contributed by atoms with E-state index in [0.717, 1.165) is 5.56 Å². The van der Waals surface area contributed by atoms with Crippen LogP contribution in [0.25, 0.3) is 6.08 Å². The minimum Gasteiger partial charge on any atom is -0.457 e. The first-order valence-corrected chi connectivity index (χ1v) is 12.3. The third-order valence-electron chi connectivity index (χ3n) is 4.96. The second-order valence-electron chi connectivity index (χ2n) is 8.92. The van der Waals surface area contributed by atoms with Gasteiger partial charge in [0.25, 0.3) is 0 Å². The van der Waals surface area contributed by atoms with Gasteiger partial charge in [-0.3, -0.25) is 0 Å². The summed E-state index contributed by atoms with van der Waals surface area (Å²) in [6.07, 6.45) is 5.86. The molecular formula is C22H32O4Si. The van der Waals surface area contributed by atoms with Gasteiger partial charge in [-0.2, -0.15) is 0 Å². The topological polar surface area (TPSA) is 44.8 Å². The number of carbonyl (C=O) groups excluding carboxylic acids is 1. The lowest BCUT2D eigenvalue weighted by atomic mass is 10.1. The highest BCUT2D eigenvalue weighted by molar-refractivity contribution is 6.74. The summed E-state index contributed by atoms with van der Waals surface area (Å²) in [6.45, 7) is 14.6. The lowest BCUT2D eigenvalue weighted by Gasteiger charge is -2.39. The van der Waals surface area contributed by atoms with E-state index in [1.165, 1.54) is 6.08 Å². The maximum absolute atomic E-state index is 11.9. The van der Waals surface area contributed by atoms with Crippen molar-refractivity contribution in [2.75, 3.05) is 0 Å². The predicted molar refractivity (Wildman–Crippen MR) is 112 cm³/mol. The van der Waals surface area contributed by atoms with Gasteiger partial charge in [0.05, 0.1) is 12.2 Å². The van der Waals surface area contributed by atoms with E-state index < -0.39 is 14.1 Å². The number of cyclic esters (lactones) is 1. The smallest absolute Gasteiger partial charge is 0.337 e. The van der Waals surface area contributed by atoms with Gasteiger partial charge >= 0.3 is 5.97 Å². The standard InChI is InChI=1S/C22H32O4Si/c1-21(2,3)27(6,7)26-18(14-13-17-11-9-8-10-12-17)15-19-16-20(23)25-22(4,5)24-19/h8-14,16,18H,15H2,1-7H3/b14-13+/t18-/m0/s1. The highest BCUT2D eigenvalue weighted by Gasteiger charge is 2.39. The summed E-state index contributed by atoms with van der Waals surface area (Å²) in [5.74, 6) is -0.733. The van der Waals surface area contributed by atoms with Crippen LogP contribution in [-0.2, 0) is 18.7 Å². The predicted octanol–water partition coefficient (Wildman–Crippen LogP) is 5.67. The van der Waals surface area contributed by atoms with Crippen LogP contribution in [0.15, 0.2) is 48.2 Å². The van der Waals surface area contributed by atoms with E-state index in [-0.39, 0.29) is 17.1 Å². The van der Waals surface area contributed by atoms with E-state index in [4.69, 9.17) is 13.9 Å². The number of rotatable bonds is 6. The molecule has 0 saturated carbocycles. The van der Waals surface area contributed by atoms with Crippen molar-refractivity contribution in [1.82, 2.24) is 0 Å². The van der Waals surface area contributed by atoms with E-state index in [0.29, 0.717) is 12.2 Å². The van der Waals surface area contributed by atoms with Gasteiger partial charge in [-0.05, 0) is 23.7 Å². The first-order valence-electron chi connectivity index (χ1n) is 9.42. The third kappa shape index (κ3) is 6.36. The Morgan fingerprint density at radius 3 is 2.33 bits per heavy atom. The number of carbonyl (C=O) groups is 1. The van der Waals surface area contributed by atoms with Crippen LogP contribution in [0, 0.1) is 0 Å². The lowest BCUT2D eigenvalue weighted by Crippen LogP contribution is -2.44. The van der Waals surface area contributed by atoms with Crippen LogP contribution < -0.4 is 0 Å². The fraction of sp³-hybridized carbons (Fsp3) is 0.500. The van der Waals surface area contributed by atoms with Crippen molar-refractivity contribution in [3.8, 4) is 0 Å². The Morgan fingerprint density at radius 2 is 1.78 bits per heavy atom. The van der Waals surface area contributed by atoms with Crippen LogP contribution in [0.1, 0.15) is 46.6 Å². The summed E-state index contributed by atoms with van der Waals surface area (Å²) in [4.78, 5) is 11.9. The molecule has 0 saturated heterocycles. The quantitative estimate of drug-likeness (QED) is 0.465. The Kier molecular flexibility index (Phi) is 6.38. The average molecular weight is 389 g/mol. The van der Waals surface area contributed by atoms with Crippen molar-refractivity contribution in [2.24, 2.45) is 0 Å². The van der Waals surface area contributed by atoms with Crippen molar-refractivity contribution in [3.63, 3.8) is 0 Å². The highest BCUT2D eigenvalue weighted by Crippen LogP contribution is 2.38. The number of hydrogen-bond donors (Lipinski definition) is 0. The zero-order chi connectivity index (χ0) is 20.3. The molecule has 0 bridgehead atoms. The molecule has 0 amide bonds. The minimum absolute atomic E-state index is 0.0891. The van der Waals surface area contributed by atoms with Gasteiger partial charge in [0.15, 0.2) is 8.32 Å². The maximum Gasteiger partial charge on any atom is 0.337 e. The molecule has 4 nitrogen and oxygen atoms in total. The fourth-order valence-electron chi connectivity index (χ4n) is 2.55. The Balaban J connectivity index is 2.24. The van der Waals surface area contributed by atoms with Gasteiger partial charge in [0, 0.05) is 20.3 Å². The normalized spacial score (nSPS) is 18.6. The molecule has 5 heteroatoms. The SMILES string of the molecule is CC1(C)OC(=O)C=C(C[C@H](/C=C/c2ccccc2)O[Si](C)(C)C(C)(C)C)O1. The molecule has 1 aromatic carbocycles. The van der Waals surface area contributed by atoms with Crippen molar-refractivity contribution < 1.29 is 18.7 Å². The van der Waals surface area contributed by atoms with E-state index in [2.05, 4.69) is 58.2 Å². The number of hydrogen-bond acceptors (Lipinski definition) is 4. The zero-order valence-corrected chi connectivity index (χ0v) is 18.5. The Hall–Kier alpha value is -1.85. The van der Waals surface area contributed by atoms with E-state index in [9.17, 15) is 4.79 Å². The first-order chi connectivity index (χ1) is 12.4. The molecular weight excluding hydrogens is 356 g/mol. The lowest BCUT2D eigenvalue weighted by molar-refractivity contribution is -0.206. The van der Waals surface area contributed by atoms with Crippen LogP contribution in [0.3, 0.4) is 0 Å². The summed E-state index contributed by atoms with van der Waals surface area (Å²) in [7, 11) is -1.99. The summed E-state index contributed by atoms with van der Waals surface area (Å²) in [6, 6.07) is 10.1. The van der Waals surface area contributed by atoms with E-state index >= 15 is 0 Å². The number of esters is 1.